The van der Waals surface area contributed by atoms with Crippen molar-refractivity contribution in [2.75, 3.05) is 0 Å². The zero-order valence-corrected chi connectivity index (χ0v) is 18.9. The Morgan fingerprint density at radius 1 is 1.25 bits per heavy atom. The topological polar surface area (TPSA) is 98.5 Å². The first-order chi connectivity index (χ1) is 15.3. The molecule has 2 aliphatic rings. The molecule has 0 radical (unpaired) electrons. The quantitative estimate of drug-likeness (QED) is 0.391. The monoisotopic (exact) mass is 452 g/mol. The lowest BCUT2D eigenvalue weighted by Gasteiger charge is -2.36. The number of ketones is 1. The maximum atomic E-state index is 13.4. The van der Waals surface area contributed by atoms with Crippen molar-refractivity contribution in [1.29, 1.82) is 0 Å². The van der Waals surface area contributed by atoms with Gasteiger partial charge in [0.25, 0.3) is 5.69 Å². The molecule has 32 heavy (non-hydrogen) atoms. The summed E-state index contributed by atoms with van der Waals surface area (Å²) in [5.41, 5.74) is 2.64. The second kappa shape index (κ2) is 8.70. The Labute approximate surface area is 189 Å². The Hall–Kier alpha value is -3.26. The summed E-state index contributed by atoms with van der Waals surface area (Å²) < 4.78 is 5.48. The van der Waals surface area contributed by atoms with Crippen molar-refractivity contribution >= 4 is 28.8 Å². The van der Waals surface area contributed by atoms with Crippen LogP contribution in [0.4, 0.5) is 5.69 Å². The molecule has 1 aromatic heterocycles. The molecular weight excluding hydrogens is 428 g/mol. The van der Waals surface area contributed by atoms with Gasteiger partial charge >= 0.3 is 5.97 Å². The largest absolute Gasteiger partial charge is 0.460 e. The van der Waals surface area contributed by atoms with Crippen LogP contribution in [-0.2, 0) is 14.3 Å². The van der Waals surface area contributed by atoms with Gasteiger partial charge in [-0.3, -0.25) is 14.9 Å². The van der Waals surface area contributed by atoms with Crippen LogP contribution in [0.2, 0.25) is 0 Å². The second-order valence-corrected chi connectivity index (χ2v) is 9.32. The fourth-order valence-corrected chi connectivity index (χ4v) is 5.29. The summed E-state index contributed by atoms with van der Waals surface area (Å²) in [7, 11) is 0. The van der Waals surface area contributed by atoms with E-state index in [1.807, 2.05) is 17.5 Å². The minimum atomic E-state index is -0.714. The third-order valence-electron chi connectivity index (χ3n) is 5.75. The minimum absolute atomic E-state index is 0.0593. The maximum absolute atomic E-state index is 13.4. The number of nitro groups is 1. The van der Waals surface area contributed by atoms with Gasteiger partial charge in [-0.2, -0.15) is 0 Å². The number of thiophene rings is 1. The highest BCUT2D eigenvalue weighted by atomic mass is 32.1. The third-order valence-corrected chi connectivity index (χ3v) is 6.78. The van der Waals surface area contributed by atoms with Gasteiger partial charge in [0, 0.05) is 52.2 Å². The van der Waals surface area contributed by atoms with Crippen molar-refractivity contribution in [1.82, 2.24) is 5.32 Å². The van der Waals surface area contributed by atoms with Crippen LogP contribution in [-0.4, -0.2) is 22.8 Å². The molecular formula is C24H24N2O5S. The SMILES string of the molecule is CC1=C(C(=O)OC(C)C)[C@@H](c2cccc([N+](=O)[O-])c2)C2=C(C[C@H](c3cccs3)CC2=O)N1. The van der Waals surface area contributed by atoms with Gasteiger partial charge in [0.15, 0.2) is 5.78 Å². The summed E-state index contributed by atoms with van der Waals surface area (Å²) in [5, 5.41) is 16.7. The normalized spacial score (nSPS) is 20.8. The average molecular weight is 453 g/mol. The molecule has 0 unspecified atom stereocenters. The van der Waals surface area contributed by atoms with Gasteiger partial charge in [0.1, 0.15) is 0 Å². The van der Waals surface area contributed by atoms with Gasteiger partial charge in [0.05, 0.1) is 16.6 Å². The van der Waals surface area contributed by atoms with E-state index in [0.29, 0.717) is 35.2 Å². The molecule has 7 nitrogen and oxygen atoms in total. The molecule has 0 fully saturated rings. The molecule has 1 N–H and O–H groups in total. The van der Waals surface area contributed by atoms with Gasteiger partial charge in [-0.05, 0) is 44.2 Å². The van der Waals surface area contributed by atoms with Crippen LogP contribution in [0.1, 0.15) is 55.9 Å². The molecule has 1 aliphatic heterocycles. The van der Waals surface area contributed by atoms with Crippen LogP contribution in [0, 0.1) is 10.1 Å². The minimum Gasteiger partial charge on any atom is -0.460 e. The number of ether oxygens (including phenoxy) is 1. The third kappa shape index (κ3) is 4.10. The molecule has 0 saturated heterocycles. The highest BCUT2D eigenvalue weighted by Gasteiger charge is 2.42. The van der Waals surface area contributed by atoms with E-state index in [1.165, 1.54) is 12.1 Å². The van der Waals surface area contributed by atoms with Gasteiger partial charge in [-0.1, -0.05) is 18.2 Å². The molecule has 0 bridgehead atoms. The lowest BCUT2D eigenvalue weighted by Crippen LogP contribution is -2.36. The number of non-ortho nitro benzene ring substituents is 1. The summed E-state index contributed by atoms with van der Waals surface area (Å²) >= 11 is 1.62. The number of carbonyl (C=O) groups excluding carboxylic acids is 2. The number of hydrogen-bond acceptors (Lipinski definition) is 7. The lowest BCUT2D eigenvalue weighted by atomic mass is 9.72. The smallest absolute Gasteiger partial charge is 0.337 e. The van der Waals surface area contributed by atoms with E-state index >= 15 is 0 Å². The Kier molecular flexibility index (Phi) is 5.97. The second-order valence-electron chi connectivity index (χ2n) is 8.34. The molecule has 0 amide bonds. The number of rotatable bonds is 5. The molecule has 2 heterocycles. The number of esters is 1. The maximum Gasteiger partial charge on any atom is 0.337 e. The van der Waals surface area contributed by atoms with Crippen LogP contribution < -0.4 is 5.32 Å². The van der Waals surface area contributed by atoms with E-state index < -0.39 is 16.8 Å². The molecule has 4 rings (SSSR count). The Morgan fingerprint density at radius 3 is 2.69 bits per heavy atom. The van der Waals surface area contributed by atoms with Gasteiger partial charge in [-0.25, -0.2) is 4.79 Å². The van der Waals surface area contributed by atoms with Crippen molar-refractivity contribution in [3.05, 3.63) is 84.9 Å². The molecule has 2 aromatic rings. The fourth-order valence-electron chi connectivity index (χ4n) is 4.46. The van der Waals surface area contributed by atoms with Gasteiger partial charge in [0.2, 0.25) is 0 Å². The Bertz CT molecular complexity index is 1150. The highest BCUT2D eigenvalue weighted by Crippen LogP contribution is 2.46. The summed E-state index contributed by atoms with van der Waals surface area (Å²) in [6.45, 7) is 5.30. The first-order valence-corrected chi connectivity index (χ1v) is 11.4. The lowest BCUT2D eigenvalue weighted by molar-refractivity contribution is -0.384. The van der Waals surface area contributed by atoms with E-state index in [0.717, 1.165) is 10.6 Å². The van der Waals surface area contributed by atoms with Crippen LogP contribution in [0.3, 0.4) is 0 Å². The summed E-state index contributed by atoms with van der Waals surface area (Å²) in [6, 6.07) is 10.1. The van der Waals surface area contributed by atoms with E-state index in [1.54, 1.807) is 44.2 Å². The van der Waals surface area contributed by atoms with Crippen molar-refractivity contribution in [3.63, 3.8) is 0 Å². The number of nitro benzene ring substituents is 1. The Morgan fingerprint density at radius 2 is 2.03 bits per heavy atom. The standard InChI is InChI=1S/C24H24N2O5S/c1-13(2)31-24(28)21-14(3)25-18-11-16(20-8-5-9-32-20)12-19(27)23(18)22(21)15-6-4-7-17(10-15)26(29)30/h4-10,13,16,22,25H,11-12H2,1-3H3/t16-,22+/m0/s1. The Balaban J connectivity index is 1.84. The highest BCUT2D eigenvalue weighted by molar-refractivity contribution is 7.10. The van der Waals surface area contributed by atoms with Gasteiger partial charge in [-0.15, -0.1) is 11.3 Å². The number of allylic oxidation sites excluding steroid dienone is 3. The van der Waals surface area contributed by atoms with Crippen molar-refractivity contribution < 1.29 is 19.2 Å². The number of nitrogens with zero attached hydrogens (tertiary/aromatic N) is 1. The fraction of sp³-hybridized carbons (Fsp3) is 0.333. The average Bonchev–Trinajstić information content (AvgIpc) is 3.27. The van der Waals surface area contributed by atoms with Crippen molar-refractivity contribution in [2.24, 2.45) is 0 Å². The van der Waals surface area contributed by atoms with E-state index in [4.69, 9.17) is 4.74 Å². The first-order valence-electron chi connectivity index (χ1n) is 10.5. The number of hydrogen-bond donors (Lipinski definition) is 1. The summed E-state index contributed by atoms with van der Waals surface area (Å²) in [6.07, 6.45) is 0.628. The summed E-state index contributed by atoms with van der Waals surface area (Å²) in [4.78, 5) is 38.6. The molecule has 0 saturated carbocycles. The number of dihydropyridines is 1. The number of carbonyl (C=O) groups is 2. The van der Waals surface area contributed by atoms with E-state index in [-0.39, 0.29) is 23.5 Å². The predicted molar refractivity (Wildman–Crippen MR) is 121 cm³/mol. The molecule has 1 aliphatic carbocycles. The van der Waals surface area contributed by atoms with Crippen LogP contribution in [0.5, 0.6) is 0 Å². The van der Waals surface area contributed by atoms with Gasteiger partial charge < -0.3 is 10.1 Å². The van der Waals surface area contributed by atoms with Crippen LogP contribution in [0.15, 0.2) is 64.3 Å². The van der Waals surface area contributed by atoms with E-state index in [9.17, 15) is 19.7 Å². The van der Waals surface area contributed by atoms with Crippen molar-refractivity contribution in [2.45, 2.75) is 51.6 Å². The molecule has 2 atom stereocenters. The number of nitrogens with one attached hydrogen (secondary N) is 1. The van der Waals surface area contributed by atoms with Crippen molar-refractivity contribution in [3.8, 4) is 0 Å². The number of benzene rings is 1. The summed E-state index contributed by atoms with van der Waals surface area (Å²) in [5.74, 6) is -1.23. The predicted octanol–water partition coefficient (Wildman–Crippen LogP) is 4.97. The number of Topliss-reactive ketones (excluding diaryl/α,β-unsaturated/α-hetero) is 1. The molecule has 166 valence electrons. The molecule has 0 spiro atoms. The van der Waals surface area contributed by atoms with Crippen LogP contribution >= 0.6 is 11.3 Å². The van der Waals surface area contributed by atoms with Crippen LogP contribution in [0.25, 0.3) is 0 Å². The molecule has 1 aromatic carbocycles. The molecule has 8 heteroatoms. The zero-order chi connectivity index (χ0) is 23.0. The first kappa shape index (κ1) is 22.0. The zero-order valence-electron chi connectivity index (χ0n) is 18.1. The van der Waals surface area contributed by atoms with E-state index in [2.05, 4.69) is 5.32 Å².